The third-order valence-corrected chi connectivity index (χ3v) is 4.22. The fraction of sp³-hybridized carbons (Fsp3) is 0.600. The maximum atomic E-state index is 13.2. The molecule has 0 aliphatic heterocycles. The second-order valence-corrected chi connectivity index (χ2v) is 6.19. The summed E-state index contributed by atoms with van der Waals surface area (Å²) in [6, 6.07) is 4.18. The van der Waals surface area contributed by atoms with Gasteiger partial charge in [0.2, 0.25) is 0 Å². The highest BCUT2D eigenvalue weighted by atomic mass is 79.9. The Bertz CT molecular complexity index is 302. The van der Waals surface area contributed by atoms with Gasteiger partial charge in [0.05, 0.1) is 3.79 Å². The maximum Gasteiger partial charge on any atom is 0.115 e. The highest BCUT2D eigenvalue weighted by Crippen LogP contribution is 2.24. The molecular weight excluding hydrogens is 265 g/mol. The van der Waals surface area contributed by atoms with Crippen molar-refractivity contribution in [3.8, 4) is 0 Å². The van der Waals surface area contributed by atoms with Crippen LogP contribution in [0, 0.1) is 0 Å². The molecule has 1 aromatic heterocycles. The molecule has 1 heterocycles. The molecule has 0 saturated heterocycles. The highest BCUT2D eigenvalue weighted by Gasteiger charge is 2.26. The molecule has 4 heteroatoms. The monoisotopic (exact) mass is 277 g/mol. The Morgan fingerprint density at radius 1 is 1.50 bits per heavy atom. The van der Waals surface area contributed by atoms with E-state index in [4.69, 9.17) is 0 Å². The number of rotatable bonds is 3. The van der Waals surface area contributed by atoms with Gasteiger partial charge in [-0.1, -0.05) is 0 Å². The van der Waals surface area contributed by atoms with E-state index >= 15 is 0 Å². The Morgan fingerprint density at radius 2 is 2.36 bits per heavy atom. The lowest BCUT2D eigenvalue weighted by Gasteiger charge is -2.13. The van der Waals surface area contributed by atoms with Crippen LogP contribution in [0.3, 0.4) is 0 Å². The molecule has 0 radical (unpaired) electrons. The van der Waals surface area contributed by atoms with Gasteiger partial charge in [0, 0.05) is 17.5 Å². The average Bonchev–Trinajstić information content (AvgIpc) is 2.72. The second-order valence-electron chi connectivity index (χ2n) is 3.64. The first-order valence-corrected chi connectivity index (χ1v) is 6.48. The predicted octanol–water partition coefficient (Wildman–Crippen LogP) is 3.49. The highest BCUT2D eigenvalue weighted by molar-refractivity contribution is 9.11. The van der Waals surface area contributed by atoms with E-state index in [9.17, 15) is 4.39 Å². The number of alkyl halides is 1. The zero-order valence-electron chi connectivity index (χ0n) is 7.80. The van der Waals surface area contributed by atoms with Crippen LogP contribution in [0.1, 0.15) is 24.1 Å². The normalized spacial score (nSPS) is 27.0. The molecule has 2 atom stereocenters. The summed E-state index contributed by atoms with van der Waals surface area (Å²) in [6.45, 7) is 0.793. The van der Waals surface area contributed by atoms with Crippen molar-refractivity contribution in [1.29, 1.82) is 0 Å². The summed E-state index contributed by atoms with van der Waals surface area (Å²) in [6.07, 6.45) is 2.09. The lowest BCUT2D eigenvalue weighted by molar-refractivity contribution is 0.279. The average molecular weight is 278 g/mol. The Hall–Kier alpha value is 0.0700. The number of halogens is 2. The molecule has 1 nitrogen and oxygen atoms in total. The minimum Gasteiger partial charge on any atom is -0.306 e. The Kier molecular flexibility index (Phi) is 3.57. The fourth-order valence-electron chi connectivity index (χ4n) is 1.82. The quantitative estimate of drug-likeness (QED) is 0.892. The van der Waals surface area contributed by atoms with Crippen molar-refractivity contribution < 1.29 is 4.39 Å². The van der Waals surface area contributed by atoms with Gasteiger partial charge in [-0.05, 0) is 47.3 Å². The van der Waals surface area contributed by atoms with Gasteiger partial charge in [-0.2, -0.15) is 0 Å². The van der Waals surface area contributed by atoms with Crippen molar-refractivity contribution in [2.45, 2.75) is 38.0 Å². The molecule has 2 rings (SSSR count). The van der Waals surface area contributed by atoms with E-state index in [1.54, 1.807) is 11.3 Å². The molecule has 0 spiro atoms. The minimum atomic E-state index is -0.640. The summed E-state index contributed by atoms with van der Waals surface area (Å²) in [5.41, 5.74) is 0. The molecule has 14 heavy (non-hydrogen) atoms. The number of thiophene rings is 1. The van der Waals surface area contributed by atoms with Crippen LogP contribution in [0.25, 0.3) is 0 Å². The molecule has 1 aromatic rings. The predicted molar refractivity (Wildman–Crippen MR) is 61.4 cm³/mol. The summed E-state index contributed by atoms with van der Waals surface area (Å²) in [4.78, 5) is 1.26. The third kappa shape index (κ3) is 2.55. The Labute approximate surface area is 95.8 Å². The van der Waals surface area contributed by atoms with Crippen LogP contribution in [-0.2, 0) is 6.54 Å². The number of hydrogen-bond acceptors (Lipinski definition) is 2. The van der Waals surface area contributed by atoms with E-state index in [2.05, 4.69) is 27.3 Å². The van der Waals surface area contributed by atoms with Gasteiger partial charge in [0.25, 0.3) is 0 Å². The number of nitrogens with one attached hydrogen (secondary N) is 1. The third-order valence-electron chi connectivity index (χ3n) is 2.60. The molecule has 1 saturated carbocycles. The van der Waals surface area contributed by atoms with Crippen molar-refractivity contribution in [1.82, 2.24) is 5.32 Å². The number of hydrogen-bond donors (Lipinski definition) is 1. The summed E-state index contributed by atoms with van der Waals surface area (Å²) in [5, 5.41) is 3.28. The van der Waals surface area contributed by atoms with Gasteiger partial charge in [0.1, 0.15) is 6.17 Å². The van der Waals surface area contributed by atoms with Crippen LogP contribution in [0.5, 0.6) is 0 Å². The van der Waals surface area contributed by atoms with Crippen molar-refractivity contribution in [3.63, 3.8) is 0 Å². The minimum absolute atomic E-state index is 0.0795. The summed E-state index contributed by atoms with van der Waals surface area (Å²) >= 11 is 5.12. The smallest absolute Gasteiger partial charge is 0.115 e. The molecule has 1 fully saturated rings. The van der Waals surface area contributed by atoms with Crippen LogP contribution in [0.2, 0.25) is 0 Å². The lowest BCUT2D eigenvalue weighted by Crippen LogP contribution is -2.32. The maximum absolute atomic E-state index is 13.2. The van der Waals surface area contributed by atoms with E-state index in [1.165, 1.54) is 4.88 Å². The first-order valence-electron chi connectivity index (χ1n) is 4.87. The van der Waals surface area contributed by atoms with Crippen LogP contribution < -0.4 is 5.32 Å². The first kappa shape index (κ1) is 10.6. The van der Waals surface area contributed by atoms with Crippen LogP contribution in [0.4, 0.5) is 4.39 Å². The van der Waals surface area contributed by atoms with E-state index < -0.39 is 6.17 Å². The zero-order chi connectivity index (χ0) is 9.97. The SMILES string of the molecule is F[C@@H]1CCC[C@@H]1NCc1ccc(Br)s1. The molecule has 0 aromatic carbocycles. The Morgan fingerprint density at radius 3 is 2.93 bits per heavy atom. The molecule has 0 unspecified atom stereocenters. The molecule has 0 amide bonds. The fourth-order valence-corrected chi connectivity index (χ4v) is 3.26. The molecule has 0 bridgehead atoms. The zero-order valence-corrected chi connectivity index (χ0v) is 10.2. The van der Waals surface area contributed by atoms with Crippen molar-refractivity contribution in [2.75, 3.05) is 0 Å². The van der Waals surface area contributed by atoms with Crippen LogP contribution in [0.15, 0.2) is 15.9 Å². The van der Waals surface area contributed by atoms with Crippen molar-refractivity contribution in [3.05, 3.63) is 20.8 Å². The molecular formula is C10H13BrFNS. The van der Waals surface area contributed by atoms with Crippen molar-refractivity contribution in [2.24, 2.45) is 0 Å². The van der Waals surface area contributed by atoms with Gasteiger partial charge < -0.3 is 5.32 Å². The Balaban J connectivity index is 1.82. The van der Waals surface area contributed by atoms with E-state index in [-0.39, 0.29) is 6.04 Å². The molecule has 1 N–H and O–H groups in total. The lowest BCUT2D eigenvalue weighted by atomic mass is 10.2. The van der Waals surface area contributed by atoms with Crippen LogP contribution in [-0.4, -0.2) is 12.2 Å². The summed E-state index contributed by atoms with van der Waals surface area (Å²) in [7, 11) is 0. The standard InChI is InChI=1S/C10H13BrFNS/c11-10-5-4-7(14-10)6-13-9-3-1-2-8(9)12/h4-5,8-9,13H,1-3,6H2/t8-,9+/m1/s1. The van der Waals surface area contributed by atoms with Crippen LogP contribution >= 0.6 is 27.3 Å². The summed E-state index contributed by atoms with van der Waals surface area (Å²) in [5.74, 6) is 0. The molecule has 1 aliphatic rings. The van der Waals surface area contributed by atoms with Gasteiger partial charge in [-0.3, -0.25) is 0 Å². The van der Waals surface area contributed by atoms with Crippen molar-refractivity contribution >= 4 is 27.3 Å². The molecule has 1 aliphatic carbocycles. The molecule has 78 valence electrons. The van der Waals surface area contributed by atoms with E-state index in [0.29, 0.717) is 0 Å². The first-order chi connectivity index (χ1) is 6.75. The summed E-state index contributed by atoms with van der Waals surface area (Å²) < 4.78 is 14.4. The van der Waals surface area contributed by atoms with E-state index in [1.807, 2.05) is 6.07 Å². The topological polar surface area (TPSA) is 12.0 Å². The second kappa shape index (κ2) is 4.73. The largest absolute Gasteiger partial charge is 0.306 e. The van der Waals surface area contributed by atoms with Gasteiger partial charge in [-0.25, -0.2) is 4.39 Å². The van der Waals surface area contributed by atoms with Gasteiger partial charge in [-0.15, -0.1) is 11.3 Å². The van der Waals surface area contributed by atoms with Gasteiger partial charge in [0.15, 0.2) is 0 Å². The van der Waals surface area contributed by atoms with Gasteiger partial charge >= 0.3 is 0 Å². The van der Waals surface area contributed by atoms with E-state index in [0.717, 1.165) is 29.6 Å².